The highest BCUT2D eigenvalue weighted by Gasteiger charge is 2.15. The first kappa shape index (κ1) is 10.6. The number of benzene rings is 1. The molecule has 0 spiro atoms. The molecule has 0 heterocycles. The van der Waals surface area contributed by atoms with Crippen LogP contribution < -0.4 is 5.30 Å². The van der Waals surface area contributed by atoms with E-state index in [9.17, 15) is 9.79 Å². The summed E-state index contributed by atoms with van der Waals surface area (Å²) in [6.45, 7) is -3.31. The van der Waals surface area contributed by atoms with Gasteiger partial charge in [0.05, 0.1) is 0 Å². The van der Waals surface area contributed by atoms with Crippen LogP contribution in [0.25, 0.3) is 0 Å². The zero-order valence-electron chi connectivity index (χ0n) is 5.91. The van der Waals surface area contributed by atoms with Gasteiger partial charge in [-0.15, -0.1) is 11.7 Å². The highest BCUT2D eigenvalue weighted by molar-refractivity contribution is 8.68. The number of thiol groups is 1. The summed E-state index contributed by atoms with van der Waals surface area (Å²) in [7, 11) is 1.16. The molecule has 0 saturated heterocycles. The van der Waals surface area contributed by atoms with Crippen molar-refractivity contribution in [3.63, 3.8) is 0 Å². The standard InChI is InChI=1S/C6H7O2PS3/c7-9(8,10)5-3-1-2-4-6(5)12-11/h1-4,11H,(H2,7,8,10). The first-order valence-corrected chi connectivity index (χ1v) is 7.60. The summed E-state index contributed by atoms with van der Waals surface area (Å²) < 4.78 is 0. The minimum absolute atomic E-state index is 0.403. The summed E-state index contributed by atoms with van der Waals surface area (Å²) in [5, 5.41) is 0.403. The van der Waals surface area contributed by atoms with Crippen LogP contribution in [0.4, 0.5) is 0 Å². The van der Waals surface area contributed by atoms with Gasteiger partial charge in [0, 0.05) is 10.2 Å². The number of hydrogen-bond donors (Lipinski definition) is 3. The van der Waals surface area contributed by atoms with E-state index < -0.39 is 6.49 Å². The van der Waals surface area contributed by atoms with Gasteiger partial charge in [-0.05, 0) is 23.9 Å². The Bertz CT molecular complexity index is 322. The Morgan fingerprint density at radius 3 is 2.33 bits per heavy atom. The van der Waals surface area contributed by atoms with Gasteiger partial charge in [0.25, 0.3) is 0 Å². The van der Waals surface area contributed by atoms with E-state index in [0.29, 0.717) is 10.2 Å². The lowest BCUT2D eigenvalue weighted by Crippen LogP contribution is -2.05. The van der Waals surface area contributed by atoms with Crippen LogP contribution >= 0.6 is 28.9 Å². The summed E-state index contributed by atoms with van der Waals surface area (Å²) in [6.07, 6.45) is 0. The third kappa shape index (κ3) is 2.49. The van der Waals surface area contributed by atoms with E-state index in [1.165, 1.54) is 0 Å². The predicted octanol–water partition coefficient (Wildman–Crippen LogP) is 1.54. The van der Waals surface area contributed by atoms with Gasteiger partial charge in [0.2, 0.25) is 6.49 Å². The van der Waals surface area contributed by atoms with Gasteiger partial charge in [-0.25, -0.2) is 0 Å². The van der Waals surface area contributed by atoms with E-state index >= 15 is 0 Å². The maximum absolute atomic E-state index is 9.24. The van der Waals surface area contributed by atoms with Crippen LogP contribution in [-0.4, -0.2) is 9.79 Å². The van der Waals surface area contributed by atoms with Gasteiger partial charge in [-0.2, -0.15) is 0 Å². The van der Waals surface area contributed by atoms with Gasteiger partial charge in [-0.1, -0.05) is 22.9 Å². The third-order valence-corrected chi connectivity index (χ3v) is 4.18. The Morgan fingerprint density at radius 1 is 1.33 bits per heavy atom. The maximum atomic E-state index is 9.24. The molecule has 0 amide bonds. The molecule has 2 nitrogen and oxygen atoms in total. The molecule has 6 heteroatoms. The predicted molar refractivity (Wildman–Crippen MR) is 59.6 cm³/mol. The lowest BCUT2D eigenvalue weighted by molar-refractivity contribution is 0.492. The Hall–Kier alpha value is 0.490. The van der Waals surface area contributed by atoms with Crippen LogP contribution in [0.1, 0.15) is 0 Å². The molecule has 0 atom stereocenters. The van der Waals surface area contributed by atoms with Crippen molar-refractivity contribution >= 4 is 46.1 Å². The average Bonchev–Trinajstić information content (AvgIpc) is 2.03. The molecule has 0 aliphatic carbocycles. The average molecular weight is 238 g/mol. The quantitative estimate of drug-likeness (QED) is 0.415. The molecule has 0 fully saturated rings. The largest absolute Gasteiger partial charge is 0.342 e. The first-order valence-electron chi connectivity index (χ1n) is 3.02. The molecular weight excluding hydrogens is 231 g/mol. The molecule has 12 heavy (non-hydrogen) atoms. The summed E-state index contributed by atoms with van der Waals surface area (Å²) in [6, 6.07) is 6.88. The Morgan fingerprint density at radius 2 is 1.92 bits per heavy atom. The van der Waals surface area contributed by atoms with Gasteiger partial charge in [-0.3, -0.25) is 0 Å². The number of rotatable bonds is 2. The van der Waals surface area contributed by atoms with Gasteiger partial charge < -0.3 is 9.79 Å². The van der Waals surface area contributed by atoms with Gasteiger partial charge in [0.1, 0.15) is 0 Å². The molecule has 0 aliphatic rings. The lowest BCUT2D eigenvalue weighted by atomic mass is 10.4. The molecule has 2 N–H and O–H groups in total. The van der Waals surface area contributed by atoms with E-state index in [0.717, 1.165) is 10.8 Å². The molecule has 1 aromatic carbocycles. The van der Waals surface area contributed by atoms with E-state index in [4.69, 9.17) is 0 Å². The van der Waals surface area contributed by atoms with Gasteiger partial charge in [0.15, 0.2) is 0 Å². The second kappa shape index (κ2) is 4.13. The Kier molecular flexibility index (Phi) is 3.64. The second-order valence-electron chi connectivity index (χ2n) is 2.10. The van der Waals surface area contributed by atoms with Crippen LogP contribution in [-0.2, 0) is 11.8 Å². The van der Waals surface area contributed by atoms with E-state index in [2.05, 4.69) is 23.5 Å². The molecular formula is C6H7O2PS3. The summed E-state index contributed by atoms with van der Waals surface area (Å²) in [5.41, 5.74) is 0. The van der Waals surface area contributed by atoms with Gasteiger partial charge >= 0.3 is 0 Å². The topological polar surface area (TPSA) is 40.5 Å². The van der Waals surface area contributed by atoms with Crippen molar-refractivity contribution < 1.29 is 9.79 Å². The van der Waals surface area contributed by atoms with Crippen LogP contribution in [0.5, 0.6) is 0 Å². The Labute approximate surface area is 85.0 Å². The van der Waals surface area contributed by atoms with Crippen LogP contribution in [0.3, 0.4) is 0 Å². The van der Waals surface area contributed by atoms with Crippen LogP contribution in [0, 0.1) is 0 Å². The third-order valence-electron chi connectivity index (χ3n) is 1.28. The smallest absolute Gasteiger partial charge is 0.215 e. The maximum Gasteiger partial charge on any atom is 0.215 e. The molecule has 0 radical (unpaired) electrons. The van der Waals surface area contributed by atoms with Crippen molar-refractivity contribution in [3.8, 4) is 0 Å². The van der Waals surface area contributed by atoms with Crippen LogP contribution in [0.15, 0.2) is 29.2 Å². The molecule has 0 unspecified atom stereocenters. The fourth-order valence-corrected chi connectivity index (χ4v) is 3.58. The second-order valence-corrected chi connectivity index (χ2v) is 6.37. The highest BCUT2D eigenvalue weighted by Crippen LogP contribution is 2.38. The minimum Gasteiger partial charge on any atom is -0.342 e. The fourth-order valence-electron chi connectivity index (χ4n) is 0.775. The Balaban J connectivity index is 3.23. The summed E-state index contributed by atoms with van der Waals surface area (Å²) in [4.78, 5) is 19.2. The van der Waals surface area contributed by atoms with E-state index in [1.807, 2.05) is 0 Å². The highest BCUT2D eigenvalue weighted by atomic mass is 33.1. The zero-order chi connectivity index (χ0) is 9.19. The van der Waals surface area contributed by atoms with Crippen molar-refractivity contribution in [2.45, 2.75) is 4.90 Å². The lowest BCUT2D eigenvalue weighted by Gasteiger charge is -2.10. The normalized spacial score (nSPS) is 11.6. The van der Waals surface area contributed by atoms with Crippen molar-refractivity contribution in [1.29, 1.82) is 0 Å². The minimum atomic E-state index is -3.31. The van der Waals surface area contributed by atoms with Crippen molar-refractivity contribution in [2.75, 3.05) is 0 Å². The first-order chi connectivity index (χ1) is 5.55. The summed E-state index contributed by atoms with van der Waals surface area (Å²) in [5.74, 6) is 0. The molecule has 0 bridgehead atoms. The molecule has 1 aromatic rings. The summed E-state index contributed by atoms with van der Waals surface area (Å²) >= 11 is 8.56. The fraction of sp³-hybridized carbons (Fsp3) is 0. The molecule has 0 saturated carbocycles. The van der Waals surface area contributed by atoms with Crippen molar-refractivity contribution in [3.05, 3.63) is 24.3 Å². The molecule has 0 aromatic heterocycles. The van der Waals surface area contributed by atoms with E-state index in [1.54, 1.807) is 24.3 Å². The monoisotopic (exact) mass is 238 g/mol. The van der Waals surface area contributed by atoms with Crippen LogP contribution in [0.2, 0.25) is 0 Å². The SMILES string of the molecule is OP(O)(=S)c1ccccc1SS. The zero-order valence-corrected chi connectivity index (χ0v) is 9.34. The van der Waals surface area contributed by atoms with Crippen molar-refractivity contribution in [2.24, 2.45) is 0 Å². The van der Waals surface area contributed by atoms with E-state index in [-0.39, 0.29) is 0 Å². The number of hydrogen-bond acceptors (Lipinski definition) is 3. The molecule has 1 rings (SSSR count). The van der Waals surface area contributed by atoms with Crippen molar-refractivity contribution in [1.82, 2.24) is 0 Å². The molecule has 0 aliphatic heterocycles. The molecule has 66 valence electrons.